The maximum absolute atomic E-state index is 12.0. The van der Waals surface area contributed by atoms with Crippen molar-refractivity contribution in [3.63, 3.8) is 0 Å². The fourth-order valence-electron chi connectivity index (χ4n) is 2.27. The van der Waals surface area contributed by atoms with E-state index >= 15 is 0 Å². The van der Waals surface area contributed by atoms with Gasteiger partial charge in [-0.2, -0.15) is 0 Å². The van der Waals surface area contributed by atoms with Gasteiger partial charge in [-0.3, -0.25) is 19.8 Å². The Morgan fingerprint density at radius 2 is 2.14 bits per heavy atom. The number of carbonyl (C=O) groups is 1. The average Bonchev–Trinajstić information content (AvgIpc) is 2.43. The Morgan fingerprint density at radius 3 is 2.76 bits per heavy atom. The van der Waals surface area contributed by atoms with Crippen molar-refractivity contribution in [2.45, 2.75) is 18.9 Å². The van der Waals surface area contributed by atoms with E-state index in [1.54, 1.807) is 0 Å². The van der Waals surface area contributed by atoms with E-state index in [1.807, 2.05) is 4.90 Å². The van der Waals surface area contributed by atoms with E-state index < -0.39 is 4.92 Å². The number of piperidine rings is 1. The molecule has 7 nitrogen and oxygen atoms in total. The van der Waals surface area contributed by atoms with E-state index in [4.69, 9.17) is 17.3 Å². The van der Waals surface area contributed by atoms with Crippen LogP contribution in [0.25, 0.3) is 0 Å². The third-order valence-corrected chi connectivity index (χ3v) is 3.67. The number of halogens is 1. The van der Waals surface area contributed by atoms with E-state index in [-0.39, 0.29) is 34.9 Å². The molecule has 1 amide bonds. The lowest BCUT2D eigenvalue weighted by Gasteiger charge is -2.29. The summed E-state index contributed by atoms with van der Waals surface area (Å²) in [4.78, 5) is 24.4. The Hall–Kier alpha value is -1.70. The van der Waals surface area contributed by atoms with Gasteiger partial charge in [0.05, 0.1) is 11.5 Å². The molecular formula is C13H17ClN4O3. The van der Waals surface area contributed by atoms with Crippen molar-refractivity contribution in [3.8, 4) is 0 Å². The summed E-state index contributed by atoms with van der Waals surface area (Å²) in [7, 11) is 0. The van der Waals surface area contributed by atoms with Gasteiger partial charge < -0.3 is 11.1 Å². The lowest BCUT2D eigenvalue weighted by Crippen LogP contribution is -2.43. The number of nitrogens with zero attached hydrogens (tertiary/aromatic N) is 2. The Balaban J connectivity index is 1.98. The first kappa shape index (κ1) is 15.7. The third-order valence-electron chi connectivity index (χ3n) is 3.43. The smallest absolute Gasteiger partial charge is 0.294 e. The largest absolute Gasteiger partial charge is 0.328 e. The number of carbonyl (C=O) groups excluding carboxylic acids is 1. The molecule has 21 heavy (non-hydrogen) atoms. The summed E-state index contributed by atoms with van der Waals surface area (Å²) in [6, 6.07) is 4.35. The van der Waals surface area contributed by atoms with Crippen molar-refractivity contribution in [1.82, 2.24) is 4.90 Å². The Labute approximate surface area is 127 Å². The molecule has 2 rings (SSSR count). The van der Waals surface area contributed by atoms with Crippen LogP contribution in [0.5, 0.6) is 0 Å². The van der Waals surface area contributed by atoms with Crippen molar-refractivity contribution in [3.05, 3.63) is 33.3 Å². The minimum Gasteiger partial charge on any atom is -0.328 e. The van der Waals surface area contributed by atoms with Crippen molar-refractivity contribution in [1.29, 1.82) is 0 Å². The molecule has 1 aliphatic rings. The van der Waals surface area contributed by atoms with Gasteiger partial charge in [0.1, 0.15) is 5.69 Å². The van der Waals surface area contributed by atoms with E-state index in [9.17, 15) is 14.9 Å². The van der Waals surface area contributed by atoms with Crippen LogP contribution in [0.4, 0.5) is 11.4 Å². The second-order valence-electron chi connectivity index (χ2n) is 5.08. The summed E-state index contributed by atoms with van der Waals surface area (Å²) in [6.07, 6.45) is 1.71. The fourth-order valence-corrected chi connectivity index (χ4v) is 2.43. The third kappa shape index (κ3) is 4.38. The molecule has 0 saturated carbocycles. The van der Waals surface area contributed by atoms with Crippen molar-refractivity contribution in [2.24, 2.45) is 5.73 Å². The molecule has 0 spiro atoms. The molecule has 114 valence electrons. The Kier molecular flexibility index (Phi) is 5.11. The van der Waals surface area contributed by atoms with Crippen LogP contribution in [0.3, 0.4) is 0 Å². The van der Waals surface area contributed by atoms with Gasteiger partial charge in [0.2, 0.25) is 5.91 Å². The highest BCUT2D eigenvalue weighted by Crippen LogP contribution is 2.27. The minimum atomic E-state index is -0.568. The Bertz CT molecular complexity index is 544. The van der Waals surface area contributed by atoms with Crippen LogP contribution in [-0.4, -0.2) is 41.4 Å². The summed E-state index contributed by atoms with van der Waals surface area (Å²) in [6.45, 7) is 1.72. The molecule has 0 radical (unpaired) electrons. The van der Waals surface area contributed by atoms with E-state index in [1.165, 1.54) is 18.2 Å². The highest BCUT2D eigenvalue weighted by molar-refractivity contribution is 6.31. The van der Waals surface area contributed by atoms with Crippen LogP contribution in [0.15, 0.2) is 18.2 Å². The number of rotatable bonds is 4. The van der Waals surface area contributed by atoms with Crippen LogP contribution in [0, 0.1) is 10.1 Å². The minimum absolute atomic E-state index is 0.156. The highest BCUT2D eigenvalue weighted by Gasteiger charge is 2.20. The van der Waals surface area contributed by atoms with Gasteiger partial charge in [-0.1, -0.05) is 11.6 Å². The molecule has 8 heteroatoms. The zero-order chi connectivity index (χ0) is 15.4. The maximum atomic E-state index is 12.0. The van der Waals surface area contributed by atoms with Gasteiger partial charge in [-0.15, -0.1) is 0 Å². The van der Waals surface area contributed by atoms with Gasteiger partial charge in [-0.05, 0) is 25.0 Å². The van der Waals surface area contributed by atoms with Gasteiger partial charge in [-0.25, -0.2) is 0 Å². The van der Waals surface area contributed by atoms with Crippen molar-refractivity contribution >= 4 is 28.9 Å². The normalized spacial score (nSPS) is 16.7. The van der Waals surface area contributed by atoms with Gasteiger partial charge in [0, 0.05) is 30.2 Å². The molecule has 1 aromatic rings. The average molecular weight is 313 g/mol. The number of benzene rings is 1. The van der Waals surface area contributed by atoms with Crippen LogP contribution in [0.2, 0.25) is 5.02 Å². The van der Waals surface area contributed by atoms with E-state index in [2.05, 4.69) is 5.32 Å². The van der Waals surface area contributed by atoms with Gasteiger partial charge in [0.15, 0.2) is 0 Å². The first-order valence-electron chi connectivity index (χ1n) is 6.67. The number of amides is 1. The van der Waals surface area contributed by atoms with Crippen LogP contribution in [-0.2, 0) is 4.79 Å². The van der Waals surface area contributed by atoms with Crippen LogP contribution < -0.4 is 11.1 Å². The lowest BCUT2D eigenvalue weighted by atomic mass is 10.1. The second kappa shape index (κ2) is 6.84. The Morgan fingerprint density at radius 1 is 1.48 bits per heavy atom. The molecule has 1 heterocycles. The summed E-state index contributed by atoms with van der Waals surface area (Å²) in [5, 5.41) is 13.8. The number of nitrogens with two attached hydrogens (primary N) is 1. The predicted octanol–water partition coefficient (Wildman–Crippen LogP) is 1.61. The number of anilines is 1. The number of nitrogens with one attached hydrogen (secondary N) is 1. The van der Waals surface area contributed by atoms with Crippen molar-refractivity contribution in [2.75, 3.05) is 25.0 Å². The number of nitro groups is 1. The molecule has 0 aromatic heterocycles. The molecule has 0 bridgehead atoms. The molecule has 3 N–H and O–H groups in total. The van der Waals surface area contributed by atoms with E-state index in [0.717, 1.165) is 25.9 Å². The first-order chi connectivity index (χ1) is 9.95. The van der Waals surface area contributed by atoms with Crippen molar-refractivity contribution < 1.29 is 9.72 Å². The standard InChI is InChI=1S/C13H17ClN4O3/c14-9-1-2-11(12(7-9)18(20)21)16-13(19)8-17-5-3-10(15)4-6-17/h1-2,7,10H,3-6,8,15H2,(H,16,19). The van der Waals surface area contributed by atoms with Gasteiger partial charge >= 0.3 is 0 Å². The highest BCUT2D eigenvalue weighted by atomic mass is 35.5. The molecule has 0 unspecified atom stereocenters. The van der Waals surface area contributed by atoms with E-state index in [0.29, 0.717) is 0 Å². The summed E-state index contributed by atoms with van der Waals surface area (Å²) >= 11 is 5.73. The quantitative estimate of drug-likeness (QED) is 0.649. The maximum Gasteiger partial charge on any atom is 0.294 e. The zero-order valence-electron chi connectivity index (χ0n) is 11.4. The van der Waals surface area contributed by atoms with Crippen LogP contribution in [0.1, 0.15) is 12.8 Å². The fraction of sp³-hybridized carbons (Fsp3) is 0.462. The summed E-state index contributed by atoms with van der Waals surface area (Å²) in [5.41, 5.74) is 5.75. The number of likely N-dealkylation sites (tertiary alicyclic amines) is 1. The first-order valence-corrected chi connectivity index (χ1v) is 7.05. The molecule has 1 saturated heterocycles. The SMILES string of the molecule is NC1CCN(CC(=O)Nc2ccc(Cl)cc2[N+](=O)[O-])CC1. The van der Waals surface area contributed by atoms with Crippen LogP contribution >= 0.6 is 11.6 Å². The number of hydrogen-bond acceptors (Lipinski definition) is 5. The molecular weight excluding hydrogens is 296 g/mol. The molecule has 1 aromatic carbocycles. The molecule has 0 aliphatic carbocycles. The molecule has 1 fully saturated rings. The predicted molar refractivity (Wildman–Crippen MR) is 80.4 cm³/mol. The zero-order valence-corrected chi connectivity index (χ0v) is 12.2. The van der Waals surface area contributed by atoms with Gasteiger partial charge in [0.25, 0.3) is 5.69 Å². The lowest BCUT2D eigenvalue weighted by molar-refractivity contribution is -0.383. The number of hydrogen-bond donors (Lipinski definition) is 2. The molecule has 0 atom stereocenters. The summed E-state index contributed by atoms with van der Waals surface area (Å²) < 4.78 is 0. The monoisotopic (exact) mass is 312 g/mol. The summed E-state index contributed by atoms with van der Waals surface area (Å²) in [5.74, 6) is -0.282. The second-order valence-corrected chi connectivity index (χ2v) is 5.52. The number of nitro benzene ring substituents is 1. The molecule has 1 aliphatic heterocycles. The topological polar surface area (TPSA) is 102 Å².